The molecule has 1 rings (SSSR count). The van der Waals surface area contributed by atoms with Gasteiger partial charge in [0.15, 0.2) is 5.96 Å². The number of carbonyl (C=O) groups is 1. The number of aliphatic imine (C=N–C) groups is 1. The summed E-state index contributed by atoms with van der Waals surface area (Å²) in [6.07, 6.45) is 2.10. The molecule has 0 aliphatic carbocycles. The van der Waals surface area contributed by atoms with Crippen LogP contribution < -0.4 is 16.8 Å². The van der Waals surface area contributed by atoms with Crippen LogP contribution in [0.2, 0.25) is 0 Å². The van der Waals surface area contributed by atoms with Crippen molar-refractivity contribution in [3.63, 3.8) is 0 Å². The first-order valence-corrected chi connectivity index (χ1v) is 7.55. The van der Waals surface area contributed by atoms with Crippen LogP contribution in [0.3, 0.4) is 0 Å². The van der Waals surface area contributed by atoms with Crippen LogP contribution in [-0.4, -0.2) is 29.1 Å². The van der Waals surface area contributed by atoms with Gasteiger partial charge in [0.25, 0.3) is 0 Å². The first-order valence-electron chi connectivity index (χ1n) is 6.57. The summed E-state index contributed by atoms with van der Waals surface area (Å²) in [6.45, 7) is 2.73. The summed E-state index contributed by atoms with van der Waals surface area (Å²) in [5.74, 6) is 1.57. The molecule has 5 N–H and O–H groups in total. The van der Waals surface area contributed by atoms with Gasteiger partial charge in [-0.15, -0.1) is 11.8 Å². The summed E-state index contributed by atoms with van der Waals surface area (Å²) >= 11 is 1.58. The van der Waals surface area contributed by atoms with Crippen LogP contribution in [0.5, 0.6) is 0 Å². The lowest BCUT2D eigenvalue weighted by Crippen LogP contribution is -2.23. The van der Waals surface area contributed by atoms with Gasteiger partial charge in [-0.3, -0.25) is 9.79 Å². The van der Waals surface area contributed by atoms with Crippen molar-refractivity contribution in [2.75, 3.05) is 17.6 Å². The van der Waals surface area contributed by atoms with Crippen LogP contribution in [0.1, 0.15) is 26.2 Å². The van der Waals surface area contributed by atoms with E-state index in [9.17, 15) is 4.79 Å². The molecule has 0 unspecified atom stereocenters. The molecule has 0 saturated carbocycles. The fourth-order valence-corrected chi connectivity index (χ4v) is 2.23. The molecule has 0 aliphatic heterocycles. The Kier molecular flexibility index (Phi) is 7.49. The Bertz CT molecular complexity index is 464. The largest absolute Gasteiger partial charge is 0.370 e. The second-order valence-electron chi connectivity index (χ2n) is 4.17. The fraction of sp³-hybridized carbons (Fsp3) is 0.462. The van der Waals surface area contributed by atoms with Gasteiger partial charge >= 0.3 is 0 Å². The maximum Gasteiger partial charge on any atom is 0.217 e. The smallest absolute Gasteiger partial charge is 0.217 e. The second-order valence-corrected chi connectivity index (χ2v) is 5.29. The second kappa shape index (κ2) is 9.19. The summed E-state index contributed by atoms with van der Waals surface area (Å²) in [5, 5.41) is 3.83. The van der Waals surface area contributed by atoms with Gasteiger partial charge in [0.1, 0.15) is 5.82 Å². The Morgan fingerprint density at radius 1 is 1.45 bits per heavy atom. The minimum Gasteiger partial charge on any atom is -0.370 e. The van der Waals surface area contributed by atoms with E-state index in [1.54, 1.807) is 11.8 Å². The fourth-order valence-electron chi connectivity index (χ4n) is 1.39. The highest BCUT2D eigenvalue weighted by atomic mass is 32.2. The normalized spacial score (nSPS) is 11.3. The Morgan fingerprint density at radius 3 is 2.95 bits per heavy atom. The molecule has 0 spiro atoms. The third kappa shape index (κ3) is 6.98. The Morgan fingerprint density at radius 2 is 2.25 bits per heavy atom. The molecule has 0 bridgehead atoms. The molecular formula is C13H21N5OS. The van der Waals surface area contributed by atoms with Crippen molar-refractivity contribution < 1.29 is 4.79 Å². The van der Waals surface area contributed by atoms with Gasteiger partial charge in [0.2, 0.25) is 5.91 Å². The van der Waals surface area contributed by atoms with Crippen LogP contribution in [0.15, 0.2) is 28.2 Å². The van der Waals surface area contributed by atoms with Crippen molar-refractivity contribution in [2.45, 2.75) is 31.2 Å². The number of nitrogens with zero attached hydrogens (tertiary/aromatic N) is 2. The Hall–Kier alpha value is -1.76. The maximum atomic E-state index is 10.6. The number of nitrogens with one attached hydrogen (secondary N) is 1. The molecular weight excluding hydrogens is 274 g/mol. The number of primary amides is 1. The van der Waals surface area contributed by atoms with Gasteiger partial charge in [-0.1, -0.05) is 13.0 Å². The van der Waals surface area contributed by atoms with Gasteiger partial charge in [-0.2, -0.15) is 0 Å². The van der Waals surface area contributed by atoms with E-state index in [-0.39, 0.29) is 5.91 Å². The number of thioether (sulfide) groups is 1. The summed E-state index contributed by atoms with van der Waals surface area (Å²) < 4.78 is 0. The van der Waals surface area contributed by atoms with E-state index in [0.717, 1.165) is 23.6 Å². The predicted molar refractivity (Wildman–Crippen MR) is 83.8 cm³/mol. The van der Waals surface area contributed by atoms with Gasteiger partial charge in [-0.05, 0) is 30.7 Å². The number of aromatic nitrogens is 1. The molecule has 7 heteroatoms. The van der Waals surface area contributed by atoms with E-state index in [1.165, 1.54) is 0 Å². The lowest BCUT2D eigenvalue weighted by Gasteiger charge is -2.06. The summed E-state index contributed by atoms with van der Waals surface area (Å²) in [6, 6.07) is 5.65. The van der Waals surface area contributed by atoms with E-state index in [0.29, 0.717) is 24.7 Å². The highest BCUT2D eigenvalue weighted by Crippen LogP contribution is 2.18. The molecule has 1 amide bonds. The zero-order chi connectivity index (χ0) is 14.8. The summed E-state index contributed by atoms with van der Waals surface area (Å²) in [7, 11) is 0. The van der Waals surface area contributed by atoms with Crippen molar-refractivity contribution in [1.29, 1.82) is 0 Å². The molecule has 1 heterocycles. The quantitative estimate of drug-likeness (QED) is 0.292. The first-order chi connectivity index (χ1) is 9.61. The van der Waals surface area contributed by atoms with Crippen molar-refractivity contribution in [2.24, 2.45) is 16.5 Å². The molecule has 0 aliphatic rings. The molecule has 1 aromatic rings. The number of carbonyl (C=O) groups excluding carboxylic acids is 1. The SMILES string of the molecule is CCCN=C(N)Nc1cccc(SCCCC(N)=O)n1. The average molecular weight is 295 g/mol. The zero-order valence-corrected chi connectivity index (χ0v) is 12.4. The van der Waals surface area contributed by atoms with Gasteiger partial charge in [0, 0.05) is 13.0 Å². The molecule has 20 heavy (non-hydrogen) atoms. The number of guanidine groups is 1. The molecule has 0 atom stereocenters. The van der Waals surface area contributed by atoms with Crippen LogP contribution in [0.4, 0.5) is 5.82 Å². The zero-order valence-electron chi connectivity index (χ0n) is 11.6. The molecule has 6 nitrogen and oxygen atoms in total. The molecule has 110 valence electrons. The third-order valence-corrected chi connectivity index (χ3v) is 3.32. The standard InChI is InChI=1S/C13H21N5OS/c1-2-8-16-13(15)18-11-6-3-7-12(17-11)20-9-4-5-10(14)19/h3,6-7H,2,4-5,8-9H2,1H3,(H2,14,19)(H3,15,16,17,18). The van der Waals surface area contributed by atoms with Crippen molar-refractivity contribution in [3.8, 4) is 0 Å². The minimum absolute atomic E-state index is 0.270. The highest BCUT2D eigenvalue weighted by molar-refractivity contribution is 7.99. The predicted octanol–water partition coefficient (Wildman–Crippen LogP) is 1.58. The molecule has 0 radical (unpaired) electrons. The van der Waals surface area contributed by atoms with Gasteiger partial charge < -0.3 is 16.8 Å². The van der Waals surface area contributed by atoms with Crippen LogP contribution >= 0.6 is 11.8 Å². The van der Waals surface area contributed by atoms with Crippen molar-refractivity contribution in [3.05, 3.63) is 18.2 Å². The number of rotatable bonds is 8. The highest BCUT2D eigenvalue weighted by Gasteiger charge is 2.01. The minimum atomic E-state index is -0.270. The summed E-state index contributed by atoms with van der Waals surface area (Å²) in [5.41, 5.74) is 10.8. The monoisotopic (exact) mass is 295 g/mol. The Balaban J connectivity index is 2.46. The van der Waals surface area contributed by atoms with Crippen LogP contribution in [0.25, 0.3) is 0 Å². The number of nitrogens with two attached hydrogens (primary N) is 2. The number of pyridine rings is 1. The average Bonchev–Trinajstić information content (AvgIpc) is 2.41. The molecule has 0 saturated heterocycles. The first kappa shape index (κ1) is 16.3. The van der Waals surface area contributed by atoms with Gasteiger partial charge in [0.05, 0.1) is 5.03 Å². The maximum absolute atomic E-state index is 10.6. The van der Waals surface area contributed by atoms with Crippen molar-refractivity contribution in [1.82, 2.24) is 4.98 Å². The number of hydrogen-bond donors (Lipinski definition) is 3. The summed E-state index contributed by atoms with van der Waals surface area (Å²) in [4.78, 5) is 19.2. The lowest BCUT2D eigenvalue weighted by atomic mass is 10.3. The van der Waals surface area contributed by atoms with E-state index >= 15 is 0 Å². The van der Waals surface area contributed by atoms with Crippen LogP contribution in [-0.2, 0) is 4.79 Å². The number of anilines is 1. The molecule has 0 aromatic carbocycles. The molecule has 0 fully saturated rings. The van der Waals surface area contributed by atoms with E-state index in [4.69, 9.17) is 11.5 Å². The van der Waals surface area contributed by atoms with E-state index < -0.39 is 0 Å². The topological polar surface area (TPSA) is 106 Å². The van der Waals surface area contributed by atoms with Gasteiger partial charge in [-0.25, -0.2) is 4.98 Å². The lowest BCUT2D eigenvalue weighted by molar-refractivity contribution is -0.118. The van der Waals surface area contributed by atoms with Crippen molar-refractivity contribution >= 4 is 29.4 Å². The van der Waals surface area contributed by atoms with E-state index in [2.05, 4.69) is 15.3 Å². The number of hydrogen-bond acceptors (Lipinski definition) is 4. The van der Waals surface area contributed by atoms with E-state index in [1.807, 2.05) is 25.1 Å². The Labute approximate surface area is 123 Å². The third-order valence-electron chi connectivity index (χ3n) is 2.30. The van der Waals surface area contributed by atoms with Crippen LogP contribution in [0, 0.1) is 0 Å². The molecule has 1 aromatic heterocycles. The number of amides is 1.